The molecule has 1 saturated heterocycles. The molecular weight excluding hydrogens is 316 g/mol. The van der Waals surface area contributed by atoms with Gasteiger partial charge in [-0.15, -0.1) is 0 Å². The van der Waals surface area contributed by atoms with Gasteiger partial charge in [0.1, 0.15) is 18.5 Å². The van der Waals surface area contributed by atoms with E-state index in [1.165, 1.54) is 11.0 Å². The fraction of sp³-hybridized carbons (Fsp3) is 0.222. The number of anilines is 1. The van der Waals surface area contributed by atoms with Crippen LogP contribution in [-0.2, 0) is 19.9 Å². The average Bonchev–Trinajstić information content (AvgIpc) is 2.60. The van der Waals surface area contributed by atoms with Crippen LogP contribution in [-0.4, -0.2) is 25.3 Å². The van der Waals surface area contributed by atoms with Crippen molar-refractivity contribution >= 4 is 17.9 Å². The molecular formula is C18H15F2NO3. The fourth-order valence-corrected chi connectivity index (χ4v) is 2.84. The maximum atomic E-state index is 13.6. The molecule has 1 atom stereocenters. The van der Waals surface area contributed by atoms with Crippen LogP contribution in [0.1, 0.15) is 12.0 Å². The normalized spacial score (nSPS) is 20.9. The largest absolute Gasteiger partial charge is 0.358 e. The lowest BCUT2D eigenvalue weighted by Crippen LogP contribution is -2.53. The molecule has 0 aromatic heterocycles. The Morgan fingerprint density at radius 3 is 2.54 bits per heavy atom. The Balaban J connectivity index is 2.02. The number of carbonyl (C=O) groups is 2. The standard InChI is InChI=1S/C18H15F2NO3/c19-15-7-6-13(10-16(15)20)18(8-9-22)12-21(17(23)11-24-18)14-4-2-1-3-5-14/h1-7,9-10H,8,11-12H2. The van der Waals surface area contributed by atoms with E-state index in [9.17, 15) is 18.4 Å². The predicted octanol–water partition coefficient (Wildman–Crippen LogP) is 2.81. The van der Waals surface area contributed by atoms with Gasteiger partial charge in [-0.3, -0.25) is 4.79 Å². The molecule has 3 rings (SSSR count). The summed E-state index contributed by atoms with van der Waals surface area (Å²) in [5.74, 6) is -2.26. The average molecular weight is 331 g/mol. The van der Waals surface area contributed by atoms with Gasteiger partial charge < -0.3 is 14.4 Å². The number of hydrogen-bond donors (Lipinski definition) is 0. The Labute approximate surface area is 137 Å². The summed E-state index contributed by atoms with van der Waals surface area (Å²) in [5.41, 5.74) is -0.231. The lowest BCUT2D eigenvalue weighted by Gasteiger charge is -2.42. The topological polar surface area (TPSA) is 46.6 Å². The molecule has 4 nitrogen and oxygen atoms in total. The zero-order valence-corrected chi connectivity index (χ0v) is 12.7. The van der Waals surface area contributed by atoms with E-state index in [-0.39, 0.29) is 25.5 Å². The van der Waals surface area contributed by atoms with E-state index in [2.05, 4.69) is 0 Å². The van der Waals surface area contributed by atoms with E-state index in [4.69, 9.17) is 4.74 Å². The van der Waals surface area contributed by atoms with Gasteiger partial charge in [0.25, 0.3) is 5.91 Å². The van der Waals surface area contributed by atoms with Crippen LogP contribution in [0.5, 0.6) is 0 Å². The number of morpholine rings is 1. The monoisotopic (exact) mass is 331 g/mol. The third-order valence-corrected chi connectivity index (χ3v) is 4.11. The van der Waals surface area contributed by atoms with E-state index < -0.39 is 17.2 Å². The van der Waals surface area contributed by atoms with E-state index >= 15 is 0 Å². The Bertz CT molecular complexity index is 766. The summed E-state index contributed by atoms with van der Waals surface area (Å²) in [6.07, 6.45) is 0.578. The quantitative estimate of drug-likeness (QED) is 0.810. The van der Waals surface area contributed by atoms with Gasteiger partial charge in [0.05, 0.1) is 6.54 Å². The van der Waals surface area contributed by atoms with Gasteiger partial charge in [0, 0.05) is 12.1 Å². The van der Waals surface area contributed by atoms with Crippen LogP contribution in [0.3, 0.4) is 0 Å². The summed E-state index contributed by atoms with van der Waals surface area (Å²) in [6.45, 7) is -0.207. The van der Waals surface area contributed by atoms with Gasteiger partial charge in [0.2, 0.25) is 0 Å². The number of carbonyl (C=O) groups excluding carboxylic acids is 2. The summed E-state index contributed by atoms with van der Waals surface area (Å²) in [5, 5.41) is 0. The van der Waals surface area contributed by atoms with Gasteiger partial charge >= 0.3 is 0 Å². The van der Waals surface area contributed by atoms with Crippen LogP contribution < -0.4 is 4.90 Å². The second kappa shape index (κ2) is 6.49. The summed E-state index contributed by atoms with van der Waals surface area (Å²) < 4.78 is 32.5. The van der Waals surface area contributed by atoms with Crippen LogP contribution in [0.4, 0.5) is 14.5 Å². The molecule has 1 unspecified atom stereocenters. The molecule has 6 heteroatoms. The Morgan fingerprint density at radius 2 is 1.88 bits per heavy atom. The number of amides is 1. The molecule has 1 aliphatic rings. The molecule has 0 aliphatic carbocycles. The Morgan fingerprint density at radius 1 is 1.12 bits per heavy atom. The first-order valence-corrected chi connectivity index (χ1v) is 7.44. The highest BCUT2D eigenvalue weighted by Gasteiger charge is 2.42. The van der Waals surface area contributed by atoms with Crippen molar-refractivity contribution in [3.63, 3.8) is 0 Å². The van der Waals surface area contributed by atoms with Crippen molar-refractivity contribution < 1.29 is 23.1 Å². The van der Waals surface area contributed by atoms with Gasteiger partial charge in [-0.25, -0.2) is 8.78 Å². The maximum Gasteiger partial charge on any atom is 0.253 e. The summed E-state index contributed by atoms with van der Waals surface area (Å²) >= 11 is 0. The van der Waals surface area contributed by atoms with Crippen molar-refractivity contribution in [1.82, 2.24) is 0 Å². The Kier molecular flexibility index (Phi) is 4.40. The summed E-state index contributed by atoms with van der Waals surface area (Å²) in [7, 11) is 0. The van der Waals surface area contributed by atoms with Gasteiger partial charge in [-0.2, -0.15) is 0 Å². The zero-order chi connectivity index (χ0) is 17.2. The first kappa shape index (κ1) is 16.3. The second-order valence-corrected chi connectivity index (χ2v) is 5.60. The number of aldehydes is 1. The SMILES string of the molecule is O=CCC1(c2ccc(F)c(F)c2)CN(c2ccccc2)C(=O)CO1. The number of benzene rings is 2. The van der Waals surface area contributed by atoms with E-state index in [0.717, 1.165) is 12.1 Å². The van der Waals surface area contributed by atoms with Crippen LogP contribution in [0.25, 0.3) is 0 Å². The molecule has 0 spiro atoms. The molecule has 24 heavy (non-hydrogen) atoms. The molecule has 0 N–H and O–H groups in total. The number of halogens is 2. The summed E-state index contributed by atoms with van der Waals surface area (Å²) in [4.78, 5) is 24.9. The van der Waals surface area contributed by atoms with Crippen molar-refractivity contribution in [1.29, 1.82) is 0 Å². The van der Waals surface area contributed by atoms with Gasteiger partial charge in [-0.05, 0) is 29.8 Å². The molecule has 0 saturated carbocycles. The highest BCUT2D eigenvalue weighted by Crippen LogP contribution is 2.35. The number of rotatable bonds is 4. The van der Waals surface area contributed by atoms with Crippen LogP contribution in [0.15, 0.2) is 48.5 Å². The molecule has 0 radical (unpaired) electrons. The van der Waals surface area contributed by atoms with Crippen LogP contribution >= 0.6 is 0 Å². The molecule has 2 aromatic rings. The number of ether oxygens (including phenoxy) is 1. The van der Waals surface area contributed by atoms with Gasteiger partial charge in [-0.1, -0.05) is 24.3 Å². The smallest absolute Gasteiger partial charge is 0.253 e. The highest BCUT2D eigenvalue weighted by atomic mass is 19.2. The minimum atomic E-state index is -1.21. The van der Waals surface area contributed by atoms with Crippen LogP contribution in [0, 0.1) is 11.6 Å². The lowest BCUT2D eigenvalue weighted by molar-refractivity contribution is -0.143. The molecule has 2 aromatic carbocycles. The minimum absolute atomic E-state index is 0.0413. The third kappa shape index (κ3) is 2.92. The number of nitrogens with zero attached hydrogens (tertiary/aromatic N) is 1. The molecule has 1 aliphatic heterocycles. The first-order chi connectivity index (χ1) is 11.6. The molecule has 1 amide bonds. The van der Waals surface area contributed by atoms with E-state index in [1.54, 1.807) is 24.3 Å². The molecule has 0 bridgehead atoms. The predicted molar refractivity (Wildman–Crippen MR) is 83.5 cm³/mol. The van der Waals surface area contributed by atoms with E-state index in [1.807, 2.05) is 6.07 Å². The highest BCUT2D eigenvalue weighted by molar-refractivity contribution is 5.95. The van der Waals surface area contributed by atoms with E-state index in [0.29, 0.717) is 17.5 Å². The zero-order valence-electron chi connectivity index (χ0n) is 12.7. The molecule has 1 heterocycles. The van der Waals surface area contributed by atoms with Crippen LogP contribution in [0.2, 0.25) is 0 Å². The van der Waals surface area contributed by atoms with Crippen molar-refractivity contribution in [3.05, 3.63) is 65.7 Å². The number of hydrogen-bond acceptors (Lipinski definition) is 3. The van der Waals surface area contributed by atoms with Crippen molar-refractivity contribution in [2.45, 2.75) is 12.0 Å². The summed E-state index contributed by atoms with van der Waals surface area (Å²) in [6, 6.07) is 12.3. The van der Waals surface area contributed by atoms with Crippen molar-refractivity contribution in [2.24, 2.45) is 0 Å². The fourth-order valence-electron chi connectivity index (χ4n) is 2.84. The van der Waals surface area contributed by atoms with Crippen molar-refractivity contribution in [3.8, 4) is 0 Å². The third-order valence-electron chi connectivity index (χ3n) is 4.11. The minimum Gasteiger partial charge on any atom is -0.358 e. The van der Waals surface area contributed by atoms with Gasteiger partial charge in [0.15, 0.2) is 11.6 Å². The number of para-hydroxylation sites is 1. The maximum absolute atomic E-state index is 13.6. The first-order valence-electron chi connectivity index (χ1n) is 7.44. The molecule has 1 fully saturated rings. The van der Waals surface area contributed by atoms with Crippen molar-refractivity contribution in [2.75, 3.05) is 18.1 Å². The lowest BCUT2D eigenvalue weighted by atomic mass is 9.88. The second-order valence-electron chi connectivity index (χ2n) is 5.60. The Hall–Kier alpha value is -2.60. The molecule has 124 valence electrons.